The monoisotopic (exact) mass is 154 g/mol. The van der Waals surface area contributed by atoms with Crippen molar-refractivity contribution in [2.24, 2.45) is 0 Å². The van der Waals surface area contributed by atoms with E-state index in [0.717, 1.165) is 0 Å². The van der Waals surface area contributed by atoms with Crippen molar-refractivity contribution in [3.05, 3.63) is 17.8 Å². The molecule has 0 aliphatic rings. The van der Waals surface area contributed by atoms with Gasteiger partial charge in [-0.1, -0.05) is 0 Å². The summed E-state index contributed by atoms with van der Waals surface area (Å²) in [6.07, 6.45) is 1.52. The fraction of sp³-hybridized carbons (Fsp3) is 0.429. The van der Waals surface area contributed by atoms with Crippen LogP contribution in [0.25, 0.3) is 0 Å². The molecule has 0 saturated heterocycles. The summed E-state index contributed by atoms with van der Waals surface area (Å²) in [5, 5.41) is 0. The number of aryl methyl sites for hydroxylation is 1. The smallest absolute Gasteiger partial charge is 0.309 e. The van der Waals surface area contributed by atoms with Crippen molar-refractivity contribution < 1.29 is 9.21 Å². The van der Waals surface area contributed by atoms with E-state index in [0.29, 0.717) is 5.76 Å². The molecule has 1 amide bonds. The van der Waals surface area contributed by atoms with Gasteiger partial charge in [-0.25, -0.2) is 4.98 Å². The van der Waals surface area contributed by atoms with Gasteiger partial charge < -0.3 is 9.32 Å². The van der Waals surface area contributed by atoms with E-state index >= 15 is 0 Å². The maximum Gasteiger partial charge on any atom is 0.309 e. The second-order valence-electron chi connectivity index (χ2n) is 2.48. The highest BCUT2D eigenvalue weighted by atomic mass is 16.4. The fourth-order valence-electron chi connectivity index (χ4n) is 0.645. The summed E-state index contributed by atoms with van der Waals surface area (Å²) >= 11 is 0. The first-order chi connectivity index (χ1) is 5.11. The van der Waals surface area contributed by atoms with Crippen LogP contribution in [0, 0.1) is 6.92 Å². The normalized spacial score (nSPS) is 9.73. The quantitative estimate of drug-likeness (QED) is 0.597. The SMILES string of the molecule is Cc1cnc(C(=O)N(C)C)o1. The number of carbonyl (C=O) groups is 1. The number of amides is 1. The molecule has 0 spiro atoms. The molecule has 1 heterocycles. The summed E-state index contributed by atoms with van der Waals surface area (Å²) in [6, 6.07) is 0. The summed E-state index contributed by atoms with van der Waals surface area (Å²) < 4.78 is 5.00. The lowest BCUT2D eigenvalue weighted by molar-refractivity contribution is 0.0787. The van der Waals surface area contributed by atoms with Crippen LogP contribution in [0.15, 0.2) is 10.6 Å². The number of rotatable bonds is 1. The number of carbonyl (C=O) groups excluding carboxylic acids is 1. The molecule has 0 saturated carbocycles. The minimum absolute atomic E-state index is 0.146. The van der Waals surface area contributed by atoms with Gasteiger partial charge in [0.1, 0.15) is 5.76 Å². The molecular formula is C7H10N2O2. The van der Waals surface area contributed by atoms with Crippen LogP contribution in [0.2, 0.25) is 0 Å². The lowest BCUT2D eigenvalue weighted by atomic mass is 10.5. The van der Waals surface area contributed by atoms with Crippen LogP contribution in [0.1, 0.15) is 16.4 Å². The topological polar surface area (TPSA) is 46.3 Å². The lowest BCUT2D eigenvalue weighted by Gasteiger charge is -2.05. The Hall–Kier alpha value is -1.32. The van der Waals surface area contributed by atoms with Crippen LogP contribution < -0.4 is 0 Å². The molecule has 0 bridgehead atoms. The van der Waals surface area contributed by atoms with Crippen LogP contribution in [-0.2, 0) is 0 Å². The Balaban J connectivity index is 2.85. The van der Waals surface area contributed by atoms with Crippen molar-refractivity contribution in [2.45, 2.75) is 6.92 Å². The largest absolute Gasteiger partial charge is 0.438 e. The number of nitrogens with zero attached hydrogens (tertiary/aromatic N) is 2. The van der Waals surface area contributed by atoms with E-state index < -0.39 is 0 Å². The second-order valence-corrected chi connectivity index (χ2v) is 2.48. The minimum Gasteiger partial charge on any atom is -0.438 e. The van der Waals surface area contributed by atoms with Crippen molar-refractivity contribution in [2.75, 3.05) is 14.1 Å². The minimum atomic E-state index is -0.210. The first-order valence-electron chi connectivity index (χ1n) is 3.25. The molecule has 60 valence electrons. The van der Waals surface area contributed by atoms with Crippen molar-refractivity contribution >= 4 is 5.91 Å². The Morgan fingerprint density at radius 2 is 2.27 bits per heavy atom. The molecule has 0 aromatic carbocycles. The van der Waals surface area contributed by atoms with Gasteiger partial charge in [0.25, 0.3) is 5.89 Å². The first kappa shape index (κ1) is 7.78. The fourth-order valence-corrected chi connectivity index (χ4v) is 0.645. The zero-order valence-electron chi connectivity index (χ0n) is 6.79. The summed E-state index contributed by atoms with van der Waals surface area (Å²) in [5.74, 6) is 0.584. The predicted molar refractivity (Wildman–Crippen MR) is 39.3 cm³/mol. The Morgan fingerprint density at radius 3 is 2.64 bits per heavy atom. The second kappa shape index (κ2) is 2.74. The maximum atomic E-state index is 11.1. The standard InChI is InChI=1S/C7H10N2O2/c1-5-4-8-6(11-5)7(10)9(2)3/h4H,1-3H3. The number of hydrogen-bond acceptors (Lipinski definition) is 3. The molecule has 0 fully saturated rings. The van der Waals surface area contributed by atoms with Crippen molar-refractivity contribution in [3.8, 4) is 0 Å². The predicted octanol–water partition coefficient (Wildman–Crippen LogP) is 0.685. The zero-order chi connectivity index (χ0) is 8.43. The van der Waals surface area contributed by atoms with Crippen molar-refractivity contribution in [1.29, 1.82) is 0 Å². The van der Waals surface area contributed by atoms with E-state index in [9.17, 15) is 4.79 Å². The molecule has 1 aromatic heterocycles. The van der Waals surface area contributed by atoms with Crippen LogP contribution >= 0.6 is 0 Å². The number of aromatic nitrogens is 1. The molecule has 4 heteroatoms. The Bertz CT molecular complexity index is 265. The number of oxazole rings is 1. The van der Waals surface area contributed by atoms with Gasteiger partial charge in [-0.2, -0.15) is 0 Å². The molecule has 4 nitrogen and oxygen atoms in total. The molecule has 11 heavy (non-hydrogen) atoms. The van der Waals surface area contributed by atoms with E-state index in [1.165, 1.54) is 11.1 Å². The highest BCUT2D eigenvalue weighted by Gasteiger charge is 2.12. The third kappa shape index (κ3) is 1.58. The van der Waals surface area contributed by atoms with E-state index in [-0.39, 0.29) is 11.8 Å². The van der Waals surface area contributed by atoms with Crippen LogP contribution in [0.5, 0.6) is 0 Å². The van der Waals surface area contributed by atoms with Gasteiger partial charge >= 0.3 is 5.91 Å². The van der Waals surface area contributed by atoms with Gasteiger partial charge in [0.05, 0.1) is 6.20 Å². The summed E-state index contributed by atoms with van der Waals surface area (Å²) in [7, 11) is 3.31. The van der Waals surface area contributed by atoms with E-state index in [2.05, 4.69) is 4.98 Å². The first-order valence-corrected chi connectivity index (χ1v) is 3.25. The average molecular weight is 154 g/mol. The Labute approximate surface area is 64.8 Å². The molecule has 0 aliphatic heterocycles. The van der Waals surface area contributed by atoms with Gasteiger partial charge in [-0.15, -0.1) is 0 Å². The van der Waals surface area contributed by atoms with Crippen LogP contribution in [0.4, 0.5) is 0 Å². The molecule has 0 atom stereocenters. The van der Waals surface area contributed by atoms with E-state index in [1.807, 2.05) is 0 Å². The molecule has 1 rings (SSSR count). The Kier molecular flexibility index (Phi) is 1.94. The molecule has 0 aliphatic carbocycles. The van der Waals surface area contributed by atoms with Gasteiger partial charge in [0.2, 0.25) is 0 Å². The third-order valence-electron chi connectivity index (χ3n) is 1.21. The van der Waals surface area contributed by atoms with Crippen LogP contribution in [0.3, 0.4) is 0 Å². The molecule has 0 radical (unpaired) electrons. The van der Waals surface area contributed by atoms with Gasteiger partial charge in [0, 0.05) is 14.1 Å². The van der Waals surface area contributed by atoms with Gasteiger partial charge in [-0.3, -0.25) is 4.79 Å². The van der Waals surface area contributed by atoms with Gasteiger partial charge in [-0.05, 0) is 6.92 Å². The van der Waals surface area contributed by atoms with E-state index in [4.69, 9.17) is 4.42 Å². The highest BCUT2D eigenvalue weighted by molar-refractivity contribution is 5.89. The Morgan fingerprint density at radius 1 is 1.64 bits per heavy atom. The summed E-state index contributed by atoms with van der Waals surface area (Å²) in [5.41, 5.74) is 0. The molecular weight excluding hydrogens is 144 g/mol. The molecule has 1 aromatic rings. The maximum absolute atomic E-state index is 11.1. The molecule has 0 N–H and O–H groups in total. The number of hydrogen-bond donors (Lipinski definition) is 0. The lowest BCUT2D eigenvalue weighted by Crippen LogP contribution is -2.21. The average Bonchev–Trinajstić information content (AvgIpc) is 2.34. The van der Waals surface area contributed by atoms with Crippen LogP contribution in [-0.4, -0.2) is 29.9 Å². The highest BCUT2D eigenvalue weighted by Crippen LogP contribution is 2.02. The van der Waals surface area contributed by atoms with Gasteiger partial charge in [0.15, 0.2) is 0 Å². The van der Waals surface area contributed by atoms with E-state index in [1.54, 1.807) is 21.0 Å². The summed E-state index contributed by atoms with van der Waals surface area (Å²) in [4.78, 5) is 16.3. The van der Waals surface area contributed by atoms with Crippen molar-refractivity contribution in [1.82, 2.24) is 9.88 Å². The summed E-state index contributed by atoms with van der Waals surface area (Å²) in [6.45, 7) is 1.75. The molecule has 0 unspecified atom stereocenters. The third-order valence-corrected chi connectivity index (χ3v) is 1.21. The van der Waals surface area contributed by atoms with Crippen molar-refractivity contribution in [3.63, 3.8) is 0 Å². The zero-order valence-corrected chi connectivity index (χ0v) is 6.79.